The van der Waals surface area contributed by atoms with Gasteiger partial charge in [-0.15, -0.1) is 0 Å². The van der Waals surface area contributed by atoms with Crippen LogP contribution in [0.3, 0.4) is 0 Å². The number of ether oxygens (including phenoxy) is 3. The molecule has 0 heterocycles. The lowest BCUT2D eigenvalue weighted by Gasteiger charge is -2.08. The Bertz CT molecular complexity index is 1070. The monoisotopic (exact) mass is 435 g/mol. The fraction of sp³-hybridized carbons (Fsp3) is 0.0870. The van der Waals surface area contributed by atoms with Gasteiger partial charge in [-0.25, -0.2) is 4.79 Å². The van der Waals surface area contributed by atoms with Crippen LogP contribution in [0.2, 0.25) is 0 Å². The standard InChI is InChI=1S/C23H21N3O4S/c1-28-19-10-6-17(7-11-19)22(27)30-21-5-3-4-16(14-21)15-24-26-23(31)25-18-8-12-20(29-2)13-9-18/h3-15H,1-2H3,(H2,25,26,31). The third kappa shape index (κ3) is 6.55. The first-order chi connectivity index (χ1) is 15.1. The van der Waals surface area contributed by atoms with Crippen LogP contribution in [0.25, 0.3) is 0 Å². The summed E-state index contributed by atoms with van der Waals surface area (Å²) in [5.74, 6) is 1.38. The Morgan fingerprint density at radius 3 is 2.19 bits per heavy atom. The molecule has 0 spiro atoms. The summed E-state index contributed by atoms with van der Waals surface area (Å²) in [4.78, 5) is 12.3. The first-order valence-corrected chi connectivity index (χ1v) is 9.68. The second kappa shape index (κ2) is 10.7. The SMILES string of the molecule is COc1ccc(NC(=S)NN=Cc2cccc(OC(=O)c3ccc(OC)cc3)c2)cc1. The van der Waals surface area contributed by atoms with E-state index < -0.39 is 5.97 Å². The summed E-state index contributed by atoms with van der Waals surface area (Å²) in [6.45, 7) is 0. The van der Waals surface area contributed by atoms with E-state index in [4.69, 9.17) is 26.4 Å². The first kappa shape index (κ1) is 21.8. The topological polar surface area (TPSA) is 81.2 Å². The Hall–Kier alpha value is -3.91. The van der Waals surface area contributed by atoms with Gasteiger partial charge in [0.15, 0.2) is 5.11 Å². The number of nitrogens with zero attached hydrogens (tertiary/aromatic N) is 1. The lowest BCUT2D eigenvalue weighted by Crippen LogP contribution is -2.23. The van der Waals surface area contributed by atoms with E-state index in [1.807, 2.05) is 30.3 Å². The molecule has 0 bridgehead atoms. The van der Waals surface area contributed by atoms with Crippen molar-refractivity contribution >= 4 is 35.2 Å². The van der Waals surface area contributed by atoms with Crippen molar-refractivity contribution < 1.29 is 19.0 Å². The van der Waals surface area contributed by atoms with E-state index in [2.05, 4.69) is 15.8 Å². The molecule has 0 saturated carbocycles. The van der Waals surface area contributed by atoms with Gasteiger partial charge in [0.2, 0.25) is 0 Å². The number of anilines is 1. The summed E-state index contributed by atoms with van der Waals surface area (Å²) in [7, 11) is 3.18. The number of carbonyl (C=O) groups excluding carboxylic acids is 1. The molecule has 0 aromatic heterocycles. The predicted octanol–water partition coefficient (Wildman–Crippen LogP) is 4.24. The first-order valence-electron chi connectivity index (χ1n) is 9.28. The third-order valence-electron chi connectivity index (χ3n) is 4.12. The molecule has 0 aliphatic carbocycles. The molecule has 0 unspecified atom stereocenters. The largest absolute Gasteiger partial charge is 0.497 e. The van der Waals surface area contributed by atoms with Crippen molar-refractivity contribution in [2.24, 2.45) is 5.10 Å². The highest BCUT2D eigenvalue weighted by molar-refractivity contribution is 7.80. The zero-order valence-electron chi connectivity index (χ0n) is 17.0. The number of hydrogen-bond acceptors (Lipinski definition) is 6. The molecule has 0 radical (unpaired) electrons. The summed E-state index contributed by atoms with van der Waals surface area (Å²) >= 11 is 5.22. The molecule has 0 fully saturated rings. The van der Waals surface area contributed by atoms with Gasteiger partial charge in [-0.2, -0.15) is 5.10 Å². The summed E-state index contributed by atoms with van der Waals surface area (Å²) in [5, 5.41) is 7.46. The van der Waals surface area contributed by atoms with Crippen LogP contribution in [0.15, 0.2) is 77.9 Å². The summed E-state index contributed by atoms with van der Waals surface area (Å²) in [5.41, 5.74) is 4.71. The molecule has 3 aromatic carbocycles. The van der Waals surface area contributed by atoms with Crippen molar-refractivity contribution in [1.82, 2.24) is 5.43 Å². The van der Waals surface area contributed by atoms with Gasteiger partial charge >= 0.3 is 5.97 Å². The molecule has 3 aromatic rings. The number of esters is 1. The number of nitrogens with one attached hydrogen (secondary N) is 2. The maximum Gasteiger partial charge on any atom is 0.343 e. The van der Waals surface area contributed by atoms with Crippen molar-refractivity contribution in [3.8, 4) is 17.2 Å². The molecule has 0 aliphatic rings. The number of methoxy groups -OCH3 is 2. The van der Waals surface area contributed by atoms with E-state index in [0.717, 1.165) is 17.0 Å². The van der Waals surface area contributed by atoms with Gasteiger partial charge in [-0.1, -0.05) is 12.1 Å². The van der Waals surface area contributed by atoms with Gasteiger partial charge in [0.25, 0.3) is 0 Å². The second-order valence-electron chi connectivity index (χ2n) is 6.24. The minimum absolute atomic E-state index is 0.337. The Labute approximate surface area is 185 Å². The highest BCUT2D eigenvalue weighted by atomic mass is 32.1. The Kier molecular flexibility index (Phi) is 7.56. The maximum atomic E-state index is 12.3. The lowest BCUT2D eigenvalue weighted by atomic mass is 10.2. The average Bonchev–Trinajstić information content (AvgIpc) is 2.80. The van der Waals surface area contributed by atoms with Gasteiger partial charge < -0.3 is 19.5 Å². The van der Waals surface area contributed by atoms with Gasteiger partial charge in [0, 0.05) is 5.69 Å². The van der Waals surface area contributed by atoms with Gasteiger partial charge in [0.05, 0.1) is 26.0 Å². The second-order valence-corrected chi connectivity index (χ2v) is 6.65. The van der Waals surface area contributed by atoms with Crippen molar-refractivity contribution in [3.63, 3.8) is 0 Å². The lowest BCUT2D eigenvalue weighted by molar-refractivity contribution is 0.0734. The van der Waals surface area contributed by atoms with Crippen LogP contribution in [0.4, 0.5) is 5.69 Å². The van der Waals surface area contributed by atoms with Crippen molar-refractivity contribution in [2.75, 3.05) is 19.5 Å². The molecule has 0 saturated heterocycles. The van der Waals surface area contributed by atoms with Crippen molar-refractivity contribution in [1.29, 1.82) is 0 Å². The van der Waals surface area contributed by atoms with Crippen LogP contribution >= 0.6 is 12.2 Å². The number of rotatable bonds is 7. The zero-order valence-corrected chi connectivity index (χ0v) is 17.8. The van der Waals surface area contributed by atoms with E-state index in [9.17, 15) is 4.79 Å². The predicted molar refractivity (Wildman–Crippen MR) is 124 cm³/mol. The van der Waals surface area contributed by atoms with E-state index >= 15 is 0 Å². The minimum Gasteiger partial charge on any atom is -0.497 e. The van der Waals surface area contributed by atoms with Gasteiger partial charge in [0.1, 0.15) is 17.2 Å². The summed E-state index contributed by atoms with van der Waals surface area (Å²) < 4.78 is 15.6. The molecule has 2 N–H and O–H groups in total. The quantitative estimate of drug-likeness (QED) is 0.189. The number of hydrazone groups is 1. The van der Waals surface area contributed by atoms with E-state index in [0.29, 0.717) is 22.2 Å². The fourth-order valence-corrected chi connectivity index (χ4v) is 2.72. The highest BCUT2D eigenvalue weighted by Gasteiger charge is 2.09. The van der Waals surface area contributed by atoms with Crippen LogP contribution in [-0.2, 0) is 0 Å². The highest BCUT2D eigenvalue weighted by Crippen LogP contribution is 2.17. The molecular weight excluding hydrogens is 414 g/mol. The number of carbonyl (C=O) groups is 1. The summed E-state index contributed by atoms with van der Waals surface area (Å²) in [6, 6.07) is 21.0. The van der Waals surface area contributed by atoms with Crippen molar-refractivity contribution in [2.45, 2.75) is 0 Å². The zero-order chi connectivity index (χ0) is 22.1. The molecule has 0 aliphatic heterocycles. The van der Waals surface area contributed by atoms with Crippen LogP contribution in [0, 0.1) is 0 Å². The molecule has 8 heteroatoms. The molecular formula is C23H21N3O4S. The van der Waals surface area contributed by atoms with E-state index in [1.165, 1.54) is 0 Å². The Balaban J connectivity index is 1.54. The number of thiocarbonyl (C=S) groups is 1. The Morgan fingerprint density at radius 1 is 0.903 bits per heavy atom. The van der Waals surface area contributed by atoms with Crippen LogP contribution in [0.1, 0.15) is 15.9 Å². The average molecular weight is 436 g/mol. The van der Waals surface area contributed by atoms with Crippen LogP contribution in [-0.4, -0.2) is 31.5 Å². The smallest absolute Gasteiger partial charge is 0.343 e. The normalized spacial score (nSPS) is 10.4. The summed E-state index contributed by atoms with van der Waals surface area (Å²) in [6.07, 6.45) is 1.58. The van der Waals surface area contributed by atoms with Crippen LogP contribution in [0.5, 0.6) is 17.2 Å². The molecule has 3 rings (SSSR count). The maximum absolute atomic E-state index is 12.3. The van der Waals surface area contributed by atoms with Crippen LogP contribution < -0.4 is 25.0 Å². The molecule has 0 amide bonds. The van der Waals surface area contributed by atoms with Gasteiger partial charge in [-0.05, 0) is 78.4 Å². The molecule has 0 atom stereocenters. The van der Waals surface area contributed by atoms with E-state index in [-0.39, 0.29) is 0 Å². The van der Waals surface area contributed by atoms with E-state index in [1.54, 1.807) is 62.9 Å². The molecule has 31 heavy (non-hydrogen) atoms. The minimum atomic E-state index is -0.459. The number of hydrogen-bond donors (Lipinski definition) is 2. The fourth-order valence-electron chi connectivity index (χ4n) is 2.55. The third-order valence-corrected chi connectivity index (χ3v) is 4.32. The molecule has 158 valence electrons. The number of benzene rings is 3. The molecule has 7 nitrogen and oxygen atoms in total. The van der Waals surface area contributed by atoms with Crippen molar-refractivity contribution in [3.05, 3.63) is 83.9 Å². The Morgan fingerprint density at radius 2 is 1.55 bits per heavy atom. The van der Waals surface area contributed by atoms with Gasteiger partial charge in [-0.3, -0.25) is 5.43 Å².